The van der Waals surface area contributed by atoms with Crippen LogP contribution in [0.15, 0.2) is 35.7 Å². The highest BCUT2D eigenvalue weighted by Crippen LogP contribution is 2.38. The molecule has 1 atom stereocenters. The van der Waals surface area contributed by atoms with Crippen LogP contribution in [0.4, 0.5) is 10.1 Å². The number of halogens is 1. The first-order valence-corrected chi connectivity index (χ1v) is 7.91. The lowest BCUT2D eigenvalue weighted by Gasteiger charge is -2.30. The molecule has 1 aromatic carbocycles. The van der Waals surface area contributed by atoms with Gasteiger partial charge in [-0.25, -0.2) is 4.39 Å². The van der Waals surface area contributed by atoms with Crippen molar-refractivity contribution in [1.29, 1.82) is 0 Å². The second-order valence-electron chi connectivity index (χ2n) is 5.10. The van der Waals surface area contributed by atoms with Gasteiger partial charge in [0.05, 0.1) is 6.04 Å². The molecule has 0 aliphatic carbocycles. The van der Waals surface area contributed by atoms with Gasteiger partial charge in [0.1, 0.15) is 5.82 Å². The van der Waals surface area contributed by atoms with E-state index in [-0.39, 0.29) is 5.82 Å². The van der Waals surface area contributed by atoms with E-state index in [1.165, 1.54) is 4.88 Å². The summed E-state index contributed by atoms with van der Waals surface area (Å²) < 4.78 is 13.9. The van der Waals surface area contributed by atoms with E-state index in [1.54, 1.807) is 17.4 Å². The molecule has 0 bridgehead atoms. The molecule has 0 amide bonds. The molecule has 1 unspecified atom stereocenters. The van der Waals surface area contributed by atoms with Crippen LogP contribution in [0.25, 0.3) is 0 Å². The van der Waals surface area contributed by atoms with Crippen LogP contribution in [0, 0.1) is 5.82 Å². The summed E-state index contributed by atoms with van der Waals surface area (Å²) in [5.74, 6) is -0.0662. The lowest BCUT2D eigenvalue weighted by molar-refractivity contribution is 0.576. The van der Waals surface area contributed by atoms with E-state index in [2.05, 4.69) is 27.7 Å². The first kappa shape index (κ1) is 13.6. The highest BCUT2D eigenvalue weighted by molar-refractivity contribution is 7.10. The van der Waals surface area contributed by atoms with E-state index < -0.39 is 0 Å². The number of thiophene rings is 1. The minimum absolute atomic E-state index is 0.0662. The lowest BCUT2D eigenvalue weighted by Crippen LogP contribution is -2.28. The van der Waals surface area contributed by atoms with Gasteiger partial charge in [-0.2, -0.15) is 0 Å². The quantitative estimate of drug-likeness (QED) is 0.905. The molecule has 0 saturated carbocycles. The third-order valence-corrected chi connectivity index (χ3v) is 4.90. The van der Waals surface area contributed by atoms with E-state index in [4.69, 9.17) is 0 Å². The Morgan fingerprint density at radius 3 is 3.00 bits per heavy atom. The van der Waals surface area contributed by atoms with Crippen molar-refractivity contribution < 1.29 is 4.39 Å². The molecule has 4 heteroatoms. The van der Waals surface area contributed by atoms with Gasteiger partial charge in [-0.05, 0) is 50.0 Å². The van der Waals surface area contributed by atoms with Crippen LogP contribution in [0.3, 0.4) is 0 Å². The summed E-state index contributed by atoms with van der Waals surface area (Å²) in [4.78, 5) is 3.72. The standard InChI is InChI=1S/C16H19FN2S/c1-18-9-7-15(16-6-3-11-20-16)19-10-8-12-13(17)4-2-5-14(12)19/h2-6,11,15,18H,7-10H2,1H3. The molecule has 2 heterocycles. The number of hydrogen-bond donors (Lipinski definition) is 1. The number of benzene rings is 1. The van der Waals surface area contributed by atoms with Gasteiger partial charge >= 0.3 is 0 Å². The average Bonchev–Trinajstić information content (AvgIpc) is 3.10. The van der Waals surface area contributed by atoms with E-state index in [0.29, 0.717) is 6.04 Å². The van der Waals surface area contributed by atoms with Gasteiger partial charge in [-0.1, -0.05) is 12.1 Å². The topological polar surface area (TPSA) is 15.3 Å². The van der Waals surface area contributed by atoms with Crippen molar-refractivity contribution in [2.75, 3.05) is 25.0 Å². The third-order valence-electron chi connectivity index (χ3n) is 3.92. The monoisotopic (exact) mass is 290 g/mol. The molecule has 2 aromatic rings. The fraction of sp³-hybridized carbons (Fsp3) is 0.375. The molecule has 1 aliphatic rings. The van der Waals surface area contributed by atoms with E-state index >= 15 is 0 Å². The second-order valence-corrected chi connectivity index (χ2v) is 6.08. The molecule has 3 rings (SSSR count). The Bertz CT molecular complexity index is 568. The van der Waals surface area contributed by atoms with E-state index in [1.807, 2.05) is 19.2 Å². The lowest BCUT2D eigenvalue weighted by atomic mass is 10.1. The van der Waals surface area contributed by atoms with Crippen LogP contribution in [0.2, 0.25) is 0 Å². The second kappa shape index (κ2) is 5.94. The first-order valence-electron chi connectivity index (χ1n) is 7.03. The summed E-state index contributed by atoms with van der Waals surface area (Å²) in [5.41, 5.74) is 1.94. The largest absolute Gasteiger partial charge is 0.363 e. The summed E-state index contributed by atoms with van der Waals surface area (Å²) >= 11 is 1.78. The summed E-state index contributed by atoms with van der Waals surface area (Å²) in [5, 5.41) is 5.34. The fourth-order valence-electron chi connectivity index (χ4n) is 2.95. The Morgan fingerprint density at radius 2 is 2.25 bits per heavy atom. The van der Waals surface area contributed by atoms with E-state index in [9.17, 15) is 4.39 Å². The summed E-state index contributed by atoms with van der Waals surface area (Å²) in [6.45, 7) is 1.87. The number of nitrogens with zero attached hydrogens (tertiary/aromatic N) is 1. The van der Waals surface area contributed by atoms with Gasteiger partial charge in [0.15, 0.2) is 0 Å². The minimum atomic E-state index is -0.0662. The van der Waals surface area contributed by atoms with Crippen LogP contribution in [-0.2, 0) is 6.42 Å². The third kappa shape index (κ3) is 2.45. The maximum atomic E-state index is 13.9. The Morgan fingerprint density at radius 1 is 1.35 bits per heavy atom. The Balaban J connectivity index is 1.92. The molecule has 20 heavy (non-hydrogen) atoms. The Hall–Kier alpha value is -1.39. The number of nitrogens with one attached hydrogen (secondary N) is 1. The van der Waals surface area contributed by atoms with Crippen molar-refractivity contribution in [2.45, 2.75) is 18.9 Å². The normalized spacial score (nSPS) is 15.4. The molecule has 2 nitrogen and oxygen atoms in total. The molecule has 106 valence electrons. The van der Waals surface area contributed by atoms with Gasteiger partial charge in [-0.15, -0.1) is 11.3 Å². The van der Waals surface area contributed by atoms with Crippen molar-refractivity contribution in [3.05, 3.63) is 52.0 Å². The van der Waals surface area contributed by atoms with Crippen LogP contribution in [0.1, 0.15) is 22.9 Å². The zero-order valence-corrected chi connectivity index (χ0v) is 12.4. The SMILES string of the molecule is CNCCC(c1cccs1)N1CCc2c(F)cccc21. The number of anilines is 1. The smallest absolute Gasteiger partial charge is 0.128 e. The first-order chi connectivity index (χ1) is 9.81. The van der Waals surface area contributed by atoms with Gasteiger partial charge in [0.2, 0.25) is 0 Å². The average molecular weight is 290 g/mol. The number of rotatable bonds is 5. The van der Waals surface area contributed by atoms with Crippen molar-refractivity contribution in [2.24, 2.45) is 0 Å². The van der Waals surface area contributed by atoms with Crippen LogP contribution < -0.4 is 10.2 Å². The highest BCUT2D eigenvalue weighted by Gasteiger charge is 2.28. The summed E-state index contributed by atoms with van der Waals surface area (Å²) in [6, 6.07) is 10.0. The minimum Gasteiger partial charge on any atom is -0.363 e. The molecule has 1 aromatic heterocycles. The molecule has 0 saturated heterocycles. The predicted octanol–water partition coefficient (Wildman–Crippen LogP) is 3.60. The maximum absolute atomic E-state index is 13.9. The molecular weight excluding hydrogens is 271 g/mol. The number of fused-ring (bicyclic) bond motifs is 1. The Kier molecular flexibility index (Phi) is 4.03. The maximum Gasteiger partial charge on any atom is 0.128 e. The summed E-state index contributed by atoms with van der Waals surface area (Å²) in [6.07, 6.45) is 1.84. The molecule has 1 N–H and O–H groups in total. The van der Waals surface area contributed by atoms with Crippen LogP contribution in [0.5, 0.6) is 0 Å². The van der Waals surface area contributed by atoms with Gasteiger partial charge < -0.3 is 10.2 Å². The van der Waals surface area contributed by atoms with Gasteiger partial charge in [-0.3, -0.25) is 0 Å². The zero-order valence-electron chi connectivity index (χ0n) is 11.6. The predicted molar refractivity (Wildman–Crippen MR) is 83.1 cm³/mol. The van der Waals surface area contributed by atoms with Gasteiger partial charge in [0.25, 0.3) is 0 Å². The molecule has 0 spiro atoms. The molecule has 1 aliphatic heterocycles. The van der Waals surface area contributed by atoms with Crippen molar-refractivity contribution in [1.82, 2.24) is 5.32 Å². The van der Waals surface area contributed by atoms with Crippen molar-refractivity contribution >= 4 is 17.0 Å². The highest BCUT2D eigenvalue weighted by atomic mass is 32.1. The zero-order chi connectivity index (χ0) is 13.9. The van der Waals surface area contributed by atoms with Crippen molar-refractivity contribution in [3.8, 4) is 0 Å². The summed E-state index contributed by atoms with van der Waals surface area (Å²) in [7, 11) is 1.98. The molecular formula is C16H19FN2S. The van der Waals surface area contributed by atoms with Crippen LogP contribution >= 0.6 is 11.3 Å². The van der Waals surface area contributed by atoms with Crippen molar-refractivity contribution in [3.63, 3.8) is 0 Å². The van der Waals surface area contributed by atoms with Gasteiger partial charge in [0, 0.05) is 22.7 Å². The van der Waals surface area contributed by atoms with Crippen LogP contribution in [-0.4, -0.2) is 20.1 Å². The Labute approximate surface area is 123 Å². The number of hydrogen-bond acceptors (Lipinski definition) is 3. The molecule has 0 radical (unpaired) electrons. The fourth-order valence-corrected chi connectivity index (χ4v) is 3.83. The van der Waals surface area contributed by atoms with E-state index in [0.717, 1.165) is 37.2 Å². The molecule has 0 fully saturated rings.